The summed E-state index contributed by atoms with van der Waals surface area (Å²) in [6, 6.07) is 17.3. The maximum absolute atomic E-state index is 12.2. The highest BCUT2D eigenvalue weighted by molar-refractivity contribution is 5.93. The van der Waals surface area contributed by atoms with Crippen LogP contribution < -0.4 is 10.3 Å². The van der Waals surface area contributed by atoms with Crippen LogP contribution in [0.1, 0.15) is 11.1 Å². The molecule has 0 atom stereocenters. The second-order valence-electron chi connectivity index (χ2n) is 6.42. The van der Waals surface area contributed by atoms with E-state index in [0.29, 0.717) is 17.9 Å². The number of hydrogen-bond acceptors (Lipinski definition) is 4. The van der Waals surface area contributed by atoms with E-state index in [9.17, 15) is 9.90 Å². The van der Waals surface area contributed by atoms with Crippen molar-refractivity contribution in [3.05, 3.63) is 88.5 Å². The highest BCUT2D eigenvalue weighted by Crippen LogP contribution is 2.31. The van der Waals surface area contributed by atoms with Gasteiger partial charge in [0.25, 0.3) is 5.56 Å². The molecule has 27 heavy (non-hydrogen) atoms. The first-order chi connectivity index (χ1) is 13.2. The fourth-order valence-corrected chi connectivity index (χ4v) is 3.13. The van der Waals surface area contributed by atoms with Crippen molar-refractivity contribution in [1.82, 2.24) is 4.57 Å². The van der Waals surface area contributed by atoms with Gasteiger partial charge in [-0.3, -0.25) is 4.79 Å². The van der Waals surface area contributed by atoms with E-state index < -0.39 is 0 Å². The van der Waals surface area contributed by atoms with Crippen LogP contribution in [0.5, 0.6) is 5.75 Å². The number of fused-ring (bicyclic) bond motifs is 1. The summed E-state index contributed by atoms with van der Waals surface area (Å²) < 4.78 is 12.8. The topological polar surface area (TPSA) is 64.6 Å². The summed E-state index contributed by atoms with van der Waals surface area (Å²) in [4.78, 5) is 12.2. The van der Waals surface area contributed by atoms with Crippen molar-refractivity contribution < 1.29 is 14.3 Å². The van der Waals surface area contributed by atoms with Crippen LogP contribution >= 0.6 is 0 Å². The number of ether oxygens (including phenoxy) is 1. The molecule has 5 heteroatoms. The van der Waals surface area contributed by atoms with Crippen LogP contribution in [0, 0.1) is 0 Å². The predicted octanol–water partition coefficient (Wildman–Crippen LogP) is 3.87. The minimum absolute atomic E-state index is 0.101. The van der Waals surface area contributed by atoms with Crippen LogP contribution in [0.2, 0.25) is 0 Å². The molecule has 4 aromatic rings. The summed E-state index contributed by atoms with van der Waals surface area (Å²) in [6.45, 7) is 0.333. The van der Waals surface area contributed by atoms with Gasteiger partial charge < -0.3 is 18.8 Å². The molecule has 0 unspecified atom stereocenters. The molecule has 0 radical (unpaired) electrons. The Morgan fingerprint density at radius 1 is 1.07 bits per heavy atom. The van der Waals surface area contributed by atoms with Crippen LogP contribution in [0.15, 0.2) is 76.3 Å². The van der Waals surface area contributed by atoms with E-state index in [1.165, 1.54) is 10.8 Å². The van der Waals surface area contributed by atoms with Gasteiger partial charge in [-0.25, -0.2) is 0 Å². The third-order valence-electron chi connectivity index (χ3n) is 4.50. The van der Waals surface area contributed by atoms with Crippen LogP contribution in [-0.4, -0.2) is 9.67 Å². The van der Waals surface area contributed by atoms with E-state index in [4.69, 9.17) is 9.15 Å². The first-order valence-corrected chi connectivity index (χ1v) is 8.64. The molecule has 0 saturated carbocycles. The molecule has 0 amide bonds. The quantitative estimate of drug-likeness (QED) is 0.586. The van der Waals surface area contributed by atoms with Crippen molar-refractivity contribution in [2.75, 3.05) is 0 Å². The number of aromatic nitrogens is 1. The Morgan fingerprint density at radius 3 is 2.67 bits per heavy atom. The molecular formula is C22H19NO4. The predicted molar refractivity (Wildman–Crippen MR) is 104 cm³/mol. The Morgan fingerprint density at radius 2 is 1.89 bits per heavy atom. The maximum Gasteiger partial charge on any atom is 0.293 e. The Kier molecular flexibility index (Phi) is 4.52. The molecule has 1 N–H and O–H groups in total. The summed E-state index contributed by atoms with van der Waals surface area (Å²) in [5.74, 6) is 0.658. The summed E-state index contributed by atoms with van der Waals surface area (Å²) >= 11 is 0. The summed E-state index contributed by atoms with van der Waals surface area (Å²) in [5, 5.41) is 10.4. The Balaban J connectivity index is 1.76. The Labute approximate surface area is 156 Å². The van der Waals surface area contributed by atoms with E-state index in [1.807, 2.05) is 48.5 Å². The highest BCUT2D eigenvalue weighted by atomic mass is 16.5. The monoisotopic (exact) mass is 361 g/mol. The van der Waals surface area contributed by atoms with Gasteiger partial charge in [0.2, 0.25) is 0 Å². The standard InChI is InChI=1S/C22H19NO4/c1-23-12-20(19-7-8-26-21(19)22(23)25)17-9-16(13-24)10-18(11-17)27-14-15-5-3-2-4-6-15/h2-12,24H,13-14H2,1H3. The maximum atomic E-state index is 12.2. The minimum atomic E-state index is -0.183. The Bertz CT molecular complexity index is 1140. The first kappa shape index (κ1) is 17.1. The zero-order valence-corrected chi connectivity index (χ0v) is 14.9. The molecule has 0 saturated heterocycles. The molecule has 2 aromatic carbocycles. The molecular weight excluding hydrogens is 342 g/mol. The Hall–Kier alpha value is -3.31. The third kappa shape index (κ3) is 3.37. The van der Waals surface area contributed by atoms with E-state index in [2.05, 4.69) is 0 Å². The average Bonchev–Trinajstić information content (AvgIpc) is 3.20. The van der Waals surface area contributed by atoms with Gasteiger partial charge in [-0.05, 0) is 41.0 Å². The van der Waals surface area contributed by atoms with Crippen LogP contribution in [0.3, 0.4) is 0 Å². The molecule has 0 aliphatic heterocycles. The molecule has 136 valence electrons. The van der Waals surface area contributed by atoms with E-state index in [-0.39, 0.29) is 12.2 Å². The van der Waals surface area contributed by atoms with E-state index >= 15 is 0 Å². The van der Waals surface area contributed by atoms with Gasteiger partial charge in [-0.1, -0.05) is 30.3 Å². The van der Waals surface area contributed by atoms with Crippen LogP contribution in [0.25, 0.3) is 22.1 Å². The minimum Gasteiger partial charge on any atom is -0.489 e. The van der Waals surface area contributed by atoms with Crippen molar-refractivity contribution in [1.29, 1.82) is 0 Å². The lowest BCUT2D eigenvalue weighted by molar-refractivity contribution is 0.278. The first-order valence-electron chi connectivity index (χ1n) is 8.64. The lowest BCUT2D eigenvalue weighted by atomic mass is 10.0. The number of aryl methyl sites for hydroxylation is 1. The zero-order valence-electron chi connectivity index (χ0n) is 14.9. The molecule has 4 rings (SSSR count). The number of furan rings is 1. The number of benzene rings is 2. The molecule has 5 nitrogen and oxygen atoms in total. The highest BCUT2D eigenvalue weighted by Gasteiger charge is 2.13. The fourth-order valence-electron chi connectivity index (χ4n) is 3.13. The molecule has 0 fully saturated rings. The van der Waals surface area contributed by atoms with Crippen LogP contribution in [-0.2, 0) is 20.3 Å². The summed E-state index contributed by atoms with van der Waals surface area (Å²) in [6.07, 6.45) is 3.29. The van der Waals surface area contributed by atoms with Crippen molar-refractivity contribution in [2.45, 2.75) is 13.2 Å². The number of aliphatic hydroxyl groups is 1. The summed E-state index contributed by atoms with van der Waals surface area (Å²) in [5.41, 5.74) is 3.63. The average molecular weight is 361 g/mol. The second-order valence-corrected chi connectivity index (χ2v) is 6.42. The third-order valence-corrected chi connectivity index (χ3v) is 4.50. The van der Waals surface area contributed by atoms with Gasteiger partial charge in [0.15, 0.2) is 5.58 Å². The smallest absolute Gasteiger partial charge is 0.293 e. The number of rotatable bonds is 5. The molecule has 2 aromatic heterocycles. The van der Waals surface area contributed by atoms with Gasteiger partial charge in [-0.15, -0.1) is 0 Å². The van der Waals surface area contributed by atoms with Gasteiger partial charge in [0.1, 0.15) is 12.4 Å². The van der Waals surface area contributed by atoms with Crippen molar-refractivity contribution in [2.24, 2.45) is 7.05 Å². The number of hydrogen-bond donors (Lipinski definition) is 1. The molecule has 0 aliphatic carbocycles. The summed E-state index contributed by atoms with van der Waals surface area (Å²) in [7, 11) is 1.69. The van der Waals surface area contributed by atoms with Gasteiger partial charge in [0.05, 0.1) is 12.9 Å². The number of aliphatic hydroxyl groups excluding tert-OH is 1. The lowest BCUT2D eigenvalue weighted by Crippen LogP contribution is -2.15. The lowest BCUT2D eigenvalue weighted by Gasteiger charge is -2.12. The van der Waals surface area contributed by atoms with Crippen molar-refractivity contribution in [3.8, 4) is 16.9 Å². The van der Waals surface area contributed by atoms with Gasteiger partial charge in [0, 0.05) is 24.2 Å². The van der Waals surface area contributed by atoms with E-state index in [1.54, 1.807) is 19.3 Å². The largest absolute Gasteiger partial charge is 0.489 e. The molecule has 0 bridgehead atoms. The van der Waals surface area contributed by atoms with Gasteiger partial charge in [-0.2, -0.15) is 0 Å². The fraction of sp³-hybridized carbons (Fsp3) is 0.136. The molecule has 0 aliphatic rings. The SMILES string of the molecule is Cn1cc(-c2cc(CO)cc(OCc3ccccc3)c2)c2ccoc2c1=O. The molecule has 0 spiro atoms. The van der Waals surface area contributed by atoms with Crippen LogP contribution in [0.4, 0.5) is 0 Å². The normalized spacial score (nSPS) is 11.0. The van der Waals surface area contributed by atoms with Crippen molar-refractivity contribution >= 4 is 11.0 Å². The van der Waals surface area contributed by atoms with E-state index in [0.717, 1.165) is 27.6 Å². The number of nitrogens with zero attached hydrogens (tertiary/aromatic N) is 1. The van der Waals surface area contributed by atoms with Crippen molar-refractivity contribution in [3.63, 3.8) is 0 Å². The zero-order chi connectivity index (χ0) is 18.8. The second kappa shape index (κ2) is 7.13. The van der Waals surface area contributed by atoms with Gasteiger partial charge >= 0.3 is 0 Å². The number of pyridine rings is 1. The molecule has 2 heterocycles.